The molecule has 1 N–H and O–H groups in total. The van der Waals surface area contributed by atoms with Gasteiger partial charge in [0.05, 0.1) is 11.6 Å². The van der Waals surface area contributed by atoms with Crippen LogP contribution in [-0.2, 0) is 0 Å². The number of amides is 1. The lowest BCUT2D eigenvalue weighted by Crippen LogP contribution is -2.47. The maximum atomic E-state index is 12.3. The van der Waals surface area contributed by atoms with E-state index in [-0.39, 0.29) is 17.6 Å². The predicted octanol–water partition coefficient (Wildman–Crippen LogP) is 3.91. The second-order valence-electron chi connectivity index (χ2n) is 5.77. The van der Waals surface area contributed by atoms with Gasteiger partial charge in [0.1, 0.15) is 5.75 Å². The molecule has 110 valence electrons. The van der Waals surface area contributed by atoms with Crippen molar-refractivity contribution in [2.75, 3.05) is 5.33 Å². The zero-order valence-electron chi connectivity index (χ0n) is 12.1. The highest BCUT2D eigenvalue weighted by Gasteiger charge is 2.34. The van der Waals surface area contributed by atoms with Gasteiger partial charge < -0.3 is 10.1 Å². The molecule has 1 amide bonds. The molecule has 1 aliphatic rings. The molecule has 20 heavy (non-hydrogen) atoms. The Morgan fingerprint density at radius 2 is 1.90 bits per heavy atom. The highest BCUT2D eigenvalue weighted by molar-refractivity contribution is 9.09. The van der Waals surface area contributed by atoms with Gasteiger partial charge in [-0.1, -0.05) is 28.8 Å². The van der Waals surface area contributed by atoms with Gasteiger partial charge in [-0.25, -0.2) is 0 Å². The van der Waals surface area contributed by atoms with E-state index in [9.17, 15) is 4.79 Å². The van der Waals surface area contributed by atoms with Gasteiger partial charge in [-0.2, -0.15) is 0 Å². The molecule has 1 aromatic rings. The van der Waals surface area contributed by atoms with E-state index in [1.807, 2.05) is 38.1 Å². The van der Waals surface area contributed by atoms with E-state index in [4.69, 9.17) is 4.74 Å². The van der Waals surface area contributed by atoms with Crippen LogP contribution in [0.2, 0.25) is 0 Å². The predicted molar refractivity (Wildman–Crippen MR) is 84.7 cm³/mol. The van der Waals surface area contributed by atoms with Crippen molar-refractivity contribution in [3.63, 3.8) is 0 Å². The second-order valence-corrected chi connectivity index (χ2v) is 6.33. The molecule has 0 heterocycles. The average Bonchev–Trinajstić information content (AvgIpc) is 2.88. The maximum absolute atomic E-state index is 12.3. The van der Waals surface area contributed by atoms with Gasteiger partial charge in [0.25, 0.3) is 5.91 Å². The van der Waals surface area contributed by atoms with Crippen molar-refractivity contribution in [3.05, 3.63) is 29.8 Å². The number of ether oxygens (including phenoxy) is 1. The second kappa shape index (κ2) is 6.61. The molecular weight excluding hydrogens is 318 g/mol. The minimum Gasteiger partial charge on any atom is -0.491 e. The molecule has 1 fully saturated rings. The summed E-state index contributed by atoms with van der Waals surface area (Å²) in [4.78, 5) is 12.3. The summed E-state index contributed by atoms with van der Waals surface area (Å²) in [5, 5.41) is 4.01. The first-order valence-corrected chi connectivity index (χ1v) is 8.32. The molecule has 0 radical (unpaired) electrons. The number of benzene rings is 1. The Morgan fingerprint density at radius 1 is 1.30 bits per heavy atom. The fourth-order valence-electron chi connectivity index (χ4n) is 2.61. The number of halogens is 1. The third-order valence-corrected chi connectivity index (χ3v) is 4.76. The zero-order valence-corrected chi connectivity index (χ0v) is 13.7. The van der Waals surface area contributed by atoms with E-state index in [0.717, 1.165) is 23.9 Å². The standard InChI is InChI=1S/C16H22BrNO2/c1-12(2)20-14-7-5-13(6-8-14)15(19)18-16(11-17)9-3-4-10-16/h5-8,12H,3-4,9-11H2,1-2H3,(H,18,19). The molecule has 0 aliphatic heterocycles. The lowest BCUT2D eigenvalue weighted by atomic mass is 10.00. The third kappa shape index (κ3) is 3.75. The van der Waals surface area contributed by atoms with Crippen molar-refractivity contribution in [2.24, 2.45) is 0 Å². The number of nitrogens with one attached hydrogen (secondary N) is 1. The quantitative estimate of drug-likeness (QED) is 0.826. The number of alkyl halides is 1. The van der Waals surface area contributed by atoms with E-state index >= 15 is 0 Å². The first-order valence-electron chi connectivity index (χ1n) is 7.20. The average molecular weight is 340 g/mol. The number of hydrogen-bond donors (Lipinski definition) is 1. The van der Waals surface area contributed by atoms with Crippen LogP contribution in [0.5, 0.6) is 5.75 Å². The molecule has 0 atom stereocenters. The summed E-state index contributed by atoms with van der Waals surface area (Å²) in [6.45, 7) is 3.97. The van der Waals surface area contributed by atoms with Crippen LogP contribution in [0.15, 0.2) is 24.3 Å². The number of hydrogen-bond acceptors (Lipinski definition) is 2. The van der Waals surface area contributed by atoms with Crippen molar-refractivity contribution in [1.82, 2.24) is 5.32 Å². The Kier molecular flexibility index (Phi) is 5.08. The summed E-state index contributed by atoms with van der Waals surface area (Å²) < 4.78 is 5.58. The first kappa shape index (κ1) is 15.4. The van der Waals surface area contributed by atoms with Crippen molar-refractivity contribution in [1.29, 1.82) is 0 Å². The normalized spacial score (nSPS) is 17.2. The fourth-order valence-corrected chi connectivity index (χ4v) is 3.31. The van der Waals surface area contributed by atoms with Gasteiger partial charge in [0.2, 0.25) is 0 Å². The van der Waals surface area contributed by atoms with Gasteiger partial charge in [0.15, 0.2) is 0 Å². The molecular formula is C16H22BrNO2. The molecule has 0 saturated heterocycles. The van der Waals surface area contributed by atoms with Crippen molar-refractivity contribution in [3.8, 4) is 5.75 Å². The fraction of sp³-hybridized carbons (Fsp3) is 0.562. The lowest BCUT2D eigenvalue weighted by molar-refractivity contribution is 0.0910. The smallest absolute Gasteiger partial charge is 0.251 e. The van der Waals surface area contributed by atoms with Crippen molar-refractivity contribution >= 4 is 21.8 Å². The van der Waals surface area contributed by atoms with Crippen LogP contribution in [0.3, 0.4) is 0 Å². The Balaban J connectivity index is 2.02. The summed E-state index contributed by atoms with van der Waals surface area (Å²) in [6, 6.07) is 7.35. The van der Waals surface area contributed by atoms with Crippen LogP contribution in [0, 0.1) is 0 Å². The first-order chi connectivity index (χ1) is 9.54. The highest BCUT2D eigenvalue weighted by atomic mass is 79.9. The number of carbonyl (C=O) groups excluding carboxylic acids is 1. The SMILES string of the molecule is CC(C)Oc1ccc(C(=O)NC2(CBr)CCCC2)cc1. The molecule has 3 nitrogen and oxygen atoms in total. The van der Waals surface area contributed by atoms with E-state index in [1.54, 1.807) is 0 Å². The minimum atomic E-state index is -0.0653. The molecule has 2 rings (SSSR count). The van der Waals surface area contributed by atoms with Crippen LogP contribution in [0.1, 0.15) is 49.9 Å². The molecule has 0 spiro atoms. The van der Waals surface area contributed by atoms with E-state index in [1.165, 1.54) is 12.8 Å². The minimum absolute atomic E-state index is 0.00227. The van der Waals surface area contributed by atoms with Gasteiger partial charge in [-0.3, -0.25) is 4.79 Å². The Hall–Kier alpha value is -1.03. The van der Waals surface area contributed by atoms with Crippen molar-refractivity contribution in [2.45, 2.75) is 51.2 Å². The Labute approximate surface area is 129 Å². The van der Waals surface area contributed by atoms with E-state index in [2.05, 4.69) is 21.2 Å². The zero-order chi connectivity index (χ0) is 14.6. The molecule has 0 aromatic heterocycles. The largest absolute Gasteiger partial charge is 0.491 e. The maximum Gasteiger partial charge on any atom is 0.251 e. The highest BCUT2D eigenvalue weighted by Crippen LogP contribution is 2.31. The molecule has 1 aliphatic carbocycles. The molecule has 0 unspecified atom stereocenters. The van der Waals surface area contributed by atoms with Crippen LogP contribution in [0.4, 0.5) is 0 Å². The molecule has 4 heteroatoms. The number of rotatable bonds is 5. The topological polar surface area (TPSA) is 38.3 Å². The Bertz CT molecular complexity index is 450. The van der Waals surface area contributed by atoms with Gasteiger partial charge in [-0.05, 0) is 51.0 Å². The molecule has 1 saturated carbocycles. The van der Waals surface area contributed by atoms with Gasteiger partial charge in [0, 0.05) is 10.9 Å². The van der Waals surface area contributed by atoms with Crippen LogP contribution < -0.4 is 10.1 Å². The van der Waals surface area contributed by atoms with Crippen LogP contribution in [-0.4, -0.2) is 22.9 Å². The Morgan fingerprint density at radius 3 is 2.40 bits per heavy atom. The lowest BCUT2D eigenvalue weighted by Gasteiger charge is -2.28. The monoisotopic (exact) mass is 339 g/mol. The molecule has 0 bridgehead atoms. The molecule has 1 aromatic carbocycles. The number of carbonyl (C=O) groups is 1. The summed E-state index contributed by atoms with van der Waals surface area (Å²) in [5.41, 5.74) is 0.623. The van der Waals surface area contributed by atoms with Gasteiger partial charge >= 0.3 is 0 Å². The summed E-state index contributed by atoms with van der Waals surface area (Å²) in [5.74, 6) is 0.801. The third-order valence-electron chi connectivity index (χ3n) is 3.68. The van der Waals surface area contributed by atoms with E-state index < -0.39 is 0 Å². The summed E-state index contributed by atoms with van der Waals surface area (Å²) in [6.07, 6.45) is 4.63. The van der Waals surface area contributed by atoms with Crippen LogP contribution >= 0.6 is 15.9 Å². The van der Waals surface area contributed by atoms with Gasteiger partial charge in [-0.15, -0.1) is 0 Å². The van der Waals surface area contributed by atoms with Crippen molar-refractivity contribution < 1.29 is 9.53 Å². The summed E-state index contributed by atoms with van der Waals surface area (Å²) >= 11 is 3.54. The summed E-state index contributed by atoms with van der Waals surface area (Å²) in [7, 11) is 0. The van der Waals surface area contributed by atoms with E-state index in [0.29, 0.717) is 5.56 Å². The van der Waals surface area contributed by atoms with Crippen LogP contribution in [0.25, 0.3) is 0 Å².